The van der Waals surface area contributed by atoms with E-state index < -0.39 is 0 Å². The second kappa shape index (κ2) is 8.09. The van der Waals surface area contributed by atoms with E-state index in [0.717, 1.165) is 31.5 Å². The molecule has 1 atom stereocenters. The Labute approximate surface area is 144 Å². The molecule has 1 fully saturated rings. The molecule has 1 aliphatic rings. The molecule has 2 rings (SSSR count). The van der Waals surface area contributed by atoms with Gasteiger partial charge in [-0.05, 0) is 33.7 Å². The highest BCUT2D eigenvalue weighted by Crippen LogP contribution is 2.22. The molecule has 1 saturated heterocycles. The molecule has 1 aromatic rings. The molecule has 0 aliphatic carbocycles. The minimum absolute atomic E-state index is 0.0228. The lowest BCUT2D eigenvalue weighted by Crippen LogP contribution is -2.55. The van der Waals surface area contributed by atoms with Crippen molar-refractivity contribution in [1.29, 1.82) is 0 Å². The molecule has 7 nitrogen and oxygen atoms in total. The Hall–Kier alpha value is -1.44. The first-order valence-corrected chi connectivity index (χ1v) is 8.58. The summed E-state index contributed by atoms with van der Waals surface area (Å²) in [5.41, 5.74) is 0.790. The number of likely N-dealkylation sites (tertiary alicyclic amines) is 1. The van der Waals surface area contributed by atoms with Gasteiger partial charge in [-0.2, -0.15) is 5.10 Å². The third-order valence-corrected chi connectivity index (χ3v) is 4.94. The van der Waals surface area contributed by atoms with Gasteiger partial charge in [0.1, 0.15) is 6.04 Å². The van der Waals surface area contributed by atoms with Crippen molar-refractivity contribution < 1.29 is 9.53 Å². The fraction of sp³-hybridized carbons (Fsp3) is 0.765. The van der Waals surface area contributed by atoms with Crippen LogP contribution < -0.4 is 10.6 Å². The summed E-state index contributed by atoms with van der Waals surface area (Å²) in [6, 6.07) is -0.381. The first kappa shape index (κ1) is 18.9. The zero-order valence-corrected chi connectivity index (χ0v) is 15.5. The van der Waals surface area contributed by atoms with Gasteiger partial charge in [0, 0.05) is 51.1 Å². The Balaban J connectivity index is 1.89. The van der Waals surface area contributed by atoms with Crippen LogP contribution in [0.3, 0.4) is 0 Å². The van der Waals surface area contributed by atoms with Gasteiger partial charge in [-0.25, -0.2) is 0 Å². The van der Waals surface area contributed by atoms with Crippen LogP contribution in [0.25, 0.3) is 0 Å². The molecule has 2 N–H and O–H groups in total. The van der Waals surface area contributed by atoms with E-state index in [2.05, 4.69) is 34.5 Å². The van der Waals surface area contributed by atoms with Gasteiger partial charge in [-0.1, -0.05) is 0 Å². The van der Waals surface area contributed by atoms with E-state index in [1.54, 1.807) is 25.0 Å². The van der Waals surface area contributed by atoms with Crippen molar-refractivity contribution in [3.05, 3.63) is 18.0 Å². The number of carbonyl (C=O) groups is 1. The number of methoxy groups -OCH3 is 1. The Morgan fingerprint density at radius 2 is 2.12 bits per heavy atom. The number of likely N-dealkylation sites (N-methyl/N-ethyl adjacent to an activating group) is 1. The summed E-state index contributed by atoms with van der Waals surface area (Å²) in [5.74, 6) is -0.0228. The number of rotatable bonds is 7. The molecule has 1 unspecified atom stereocenters. The fourth-order valence-corrected chi connectivity index (χ4v) is 3.25. The molecule has 1 aliphatic heterocycles. The molecular weight excluding hydrogens is 306 g/mol. The quantitative estimate of drug-likeness (QED) is 0.766. The summed E-state index contributed by atoms with van der Waals surface area (Å²) >= 11 is 0. The molecule has 136 valence electrons. The summed E-state index contributed by atoms with van der Waals surface area (Å²) in [7, 11) is 5.42. The number of nitrogens with one attached hydrogen (secondary N) is 2. The van der Waals surface area contributed by atoms with Crippen LogP contribution in [0, 0.1) is 0 Å². The van der Waals surface area contributed by atoms with Crippen LogP contribution in [0.15, 0.2) is 12.4 Å². The molecule has 7 heteroatoms. The SMILES string of the molecule is CNC(C(=O)NCC(C)(C)N1CCC(OC)CC1)c1cnn(C)c1. The molecule has 0 spiro atoms. The number of carbonyl (C=O) groups excluding carboxylic acids is 1. The number of aromatic nitrogens is 2. The van der Waals surface area contributed by atoms with Crippen LogP contribution in [0.5, 0.6) is 0 Å². The van der Waals surface area contributed by atoms with Crippen molar-refractivity contribution in [1.82, 2.24) is 25.3 Å². The number of ether oxygens (including phenoxy) is 1. The number of piperidine rings is 1. The van der Waals surface area contributed by atoms with Gasteiger partial charge in [-0.3, -0.25) is 14.4 Å². The van der Waals surface area contributed by atoms with Crippen molar-refractivity contribution >= 4 is 5.91 Å². The Bertz CT molecular complexity index is 535. The molecule has 24 heavy (non-hydrogen) atoms. The Morgan fingerprint density at radius 3 is 2.62 bits per heavy atom. The molecular formula is C17H31N5O2. The van der Waals surface area contributed by atoms with Gasteiger partial charge >= 0.3 is 0 Å². The highest BCUT2D eigenvalue weighted by molar-refractivity contribution is 5.83. The third-order valence-electron chi connectivity index (χ3n) is 4.94. The second-order valence-corrected chi connectivity index (χ2v) is 7.12. The average molecular weight is 337 g/mol. The lowest BCUT2D eigenvalue weighted by atomic mass is 9.97. The second-order valence-electron chi connectivity index (χ2n) is 7.12. The summed E-state index contributed by atoms with van der Waals surface area (Å²) in [5, 5.41) is 10.3. The van der Waals surface area contributed by atoms with Crippen molar-refractivity contribution in [3.63, 3.8) is 0 Å². The summed E-state index contributed by atoms with van der Waals surface area (Å²) in [6.45, 7) is 6.97. The lowest BCUT2D eigenvalue weighted by molar-refractivity contribution is -0.123. The van der Waals surface area contributed by atoms with Crippen molar-refractivity contribution in [2.24, 2.45) is 7.05 Å². The molecule has 0 aromatic carbocycles. The monoisotopic (exact) mass is 337 g/mol. The van der Waals surface area contributed by atoms with Gasteiger partial charge in [0.15, 0.2) is 0 Å². The van der Waals surface area contributed by atoms with Crippen LogP contribution in [0.4, 0.5) is 0 Å². The normalized spacial score (nSPS) is 18.5. The molecule has 0 saturated carbocycles. The summed E-state index contributed by atoms with van der Waals surface area (Å²) in [6.07, 6.45) is 6.04. The van der Waals surface area contributed by atoms with Gasteiger partial charge in [-0.15, -0.1) is 0 Å². The Kier molecular flexibility index (Phi) is 6.37. The van der Waals surface area contributed by atoms with Crippen LogP contribution >= 0.6 is 0 Å². The molecule has 1 aromatic heterocycles. The zero-order chi connectivity index (χ0) is 17.7. The molecule has 2 heterocycles. The number of hydrogen-bond donors (Lipinski definition) is 2. The van der Waals surface area contributed by atoms with Gasteiger partial charge in [0.2, 0.25) is 5.91 Å². The van der Waals surface area contributed by atoms with E-state index in [1.165, 1.54) is 0 Å². The standard InChI is InChI=1S/C17H31N5O2/c1-17(2,22-8-6-14(24-5)7-9-22)12-19-16(23)15(18-3)13-10-20-21(4)11-13/h10-11,14-15,18H,6-9,12H2,1-5H3,(H,19,23). The van der Waals surface area contributed by atoms with Crippen LogP contribution in [0.2, 0.25) is 0 Å². The van der Waals surface area contributed by atoms with E-state index in [9.17, 15) is 4.79 Å². The molecule has 0 radical (unpaired) electrons. The Morgan fingerprint density at radius 1 is 1.46 bits per heavy atom. The largest absolute Gasteiger partial charge is 0.381 e. The predicted molar refractivity (Wildman–Crippen MR) is 93.7 cm³/mol. The third kappa shape index (κ3) is 4.55. The highest BCUT2D eigenvalue weighted by Gasteiger charge is 2.32. The van der Waals surface area contributed by atoms with Crippen LogP contribution in [-0.2, 0) is 16.6 Å². The predicted octanol–water partition coefficient (Wildman–Crippen LogP) is 0.686. The van der Waals surface area contributed by atoms with Gasteiger partial charge in [0.05, 0.1) is 12.3 Å². The van der Waals surface area contributed by atoms with E-state index in [1.807, 2.05) is 13.2 Å². The van der Waals surface area contributed by atoms with Gasteiger partial charge in [0.25, 0.3) is 0 Å². The number of amides is 1. The summed E-state index contributed by atoms with van der Waals surface area (Å²) < 4.78 is 7.14. The van der Waals surface area contributed by atoms with Crippen LogP contribution in [-0.4, -0.2) is 66.0 Å². The molecule has 1 amide bonds. The minimum atomic E-state index is -0.381. The maximum atomic E-state index is 12.6. The first-order chi connectivity index (χ1) is 11.4. The van der Waals surface area contributed by atoms with Crippen molar-refractivity contribution in [2.75, 3.05) is 33.8 Å². The first-order valence-electron chi connectivity index (χ1n) is 8.58. The number of aryl methyl sites for hydroxylation is 1. The summed E-state index contributed by atoms with van der Waals surface area (Å²) in [4.78, 5) is 15.0. The maximum Gasteiger partial charge on any atom is 0.241 e. The van der Waals surface area contributed by atoms with E-state index >= 15 is 0 Å². The smallest absolute Gasteiger partial charge is 0.241 e. The fourth-order valence-electron chi connectivity index (χ4n) is 3.25. The number of nitrogens with zero attached hydrogens (tertiary/aromatic N) is 3. The molecule has 0 bridgehead atoms. The lowest BCUT2D eigenvalue weighted by Gasteiger charge is -2.42. The van der Waals surface area contributed by atoms with E-state index in [-0.39, 0.29) is 17.5 Å². The van der Waals surface area contributed by atoms with Crippen LogP contribution in [0.1, 0.15) is 38.3 Å². The maximum absolute atomic E-state index is 12.6. The van der Waals surface area contributed by atoms with Crippen molar-refractivity contribution in [3.8, 4) is 0 Å². The average Bonchev–Trinajstić information content (AvgIpc) is 3.00. The zero-order valence-electron chi connectivity index (χ0n) is 15.5. The van der Waals surface area contributed by atoms with Gasteiger partial charge < -0.3 is 15.4 Å². The van der Waals surface area contributed by atoms with E-state index in [4.69, 9.17) is 4.74 Å². The van der Waals surface area contributed by atoms with E-state index in [0.29, 0.717) is 12.6 Å². The topological polar surface area (TPSA) is 71.4 Å². The number of hydrogen-bond acceptors (Lipinski definition) is 5. The minimum Gasteiger partial charge on any atom is -0.381 e. The highest BCUT2D eigenvalue weighted by atomic mass is 16.5. The van der Waals surface area contributed by atoms with Crippen molar-refractivity contribution in [2.45, 2.75) is 44.4 Å².